The van der Waals surface area contributed by atoms with Gasteiger partial charge in [0.25, 0.3) is 11.8 Å². The second-order valence-corrected chi connectivity index (χ2v) is 4.96. The maximum absolute atomic E-state index is 12.1. The van der Waals surface area contributed by atoms with Crippen LogP contribution < -0.4 is 15.4 Å². The molecule has 0 unspecified atom stereocenters. The first kappa shape index (κ1) is 18.3. The van der Waals surface area contributed by atoms with Crippen molar-refractivity contribution < 1.29 is 29.0 Å². The lowest BCUT2D eigenvalue weighted by Gasteiger charge is -2.15. The standard InChI is InChI=1S/C16H19N3O6/c1-3-25-16(23)18-11-5-4-10(8-13(11)24-2)17-12-9-14(21)19(6-7-20)15(12)22/h4-5,8-9,17,20H,3,6-7H2,1-2H3,(H,18,23). The number of amides is 3. The molecule has 0 aromatic heterocycles. The number of carbonyl (C=O) groups excluding carboxylic acids is 3. The lowest BCUT2D eigenvalue weighted by molar-refractivity contribution is -0.137. The number of imide groups is 1. The molecule has 0 fully saturated rings. The second-order valence-electron chi connectivity index (χ2n) is 4.96. The van der Waals surface area contributed by atoms with E-state index in [2.05, 4.69) is 10.6 Å². The highest BCUT2D eigenvalue weighted by Crippen LogP contribution is 2.29. The fourth-order valence-electron chi connectivity index (χ4n) is 2.21. The number of rotatable bonds is 7. The Hall–Kier alpha value is -3.07. The van der Waals surface area contributed by atoms with Gasteiger partial charge in [0, 0.05) is 17.8 Å². The summed E-state index contributed by atoms with van der Waals surface area (Å²) >= 11 is 0. The van der Waals surface area contributed by atoms with Gasteiger partial charge in [0.1, 0.15) is 11.4 Å². The maximum atomic E-state index is 12.1. The van der Waals surface area contributed by atoms with Crippen molar-refractivity contribution in [3.63, 3.8) is 0 Å². The summed E-state index contributed by atoms with van der Waals surface area (Å²) in [5, 5.41) is 14.3. The zero-order chi connectivity index (χ0) is 18.4. The van der Waals surface area contributed by atoms with E-state index >= 15 is 0 Å². The third-order valence-electron chi connectivity index (χ3n) is 3.33. The van der Waals surface area contributed by atoms with Crippen LogP contribution in [0.2, 0.25) is 0 Å². The number of methoxy groups -OCH3 is 1. The molecule has 1 aliphatic heterocycles. The Bertz CT molecular complexity index is 716. The minimum Gasteiger partial charge on any atom is -0.494 e. The van der Waals surface area contributed by atoms with Crippen molar-refractivity contribution in [2.45, 2.75) is 6.92 Å². The topological polar surface area (TPSA) is 117 Å². The van der Waals surface area contributed by atoms with E-state index in [1.807, 2.05) is 0 Å². The van der Waals surface area contributed by atoms with Crippen molar-refractivity contribution in [3.05, 3.63) is 30.0 Å². The van der Waals surface area contributed by atoms with E-state index in [0.717, 1.165) is 11.0 Å². The van der Waals surface area contributed by atoms with E-state index in [1.54, 1.807) is 25.1 Å². The number of β-amino-alcohol motifs (C(OH)–C–C–N with tert-alkyl or cyclic N) is 1. The largest absolute Gasteiger partial charge is 0.494 e. The van der Waals surface area contributed by atoms with Gasteiger partial charge in [0.2, 0.25) is 0 Å². The molecule has 0 radical (unpaired) electrons. The summed E-state index contributed by atoms with van der Waals surface area (Å²) < 4.78 is 10.0. The first-order valence-electron chi connectivity index (χ1n) is 7.57. The minimum atomic E-state index is -0.611. The van der Waals surface area contributed by atoms with E-state index in [0.29, 0.717) is 17.1 Å². The number of hydrogen-bond donors (Lipinski definition) is 3. The molecule has 0 spiro atoms. The van der Waals surface area contributed by atoms with Crippen molar-refractivity contribution in [1.82, 2.24) is 4.90 Å². The lowest BCUT2D eigenvalue weighted by Crippen LogP contribution is -2.34. The number of nitrogens with zero attached hydrogens (tertiary/aromatic N) is 1. The predicted octanol–water partition coefficient (Wildman–Crippen LogP) is 0.920. The summed E-state index contributed by atoms with van der Waals surface area (Å²) in [6.07, 6.45) is 0.551. The van der Waals surface area contributed by atoms with Crippen LogP contribution in [0.25, 0.3) is 0 Å². The molecule has 9 nitrogen and oxygen atoms in total. The SMILES string of the molecule is CCOC(=O)Nc1ccc(NC2=CC(=O)N(CCO)C2=O)cc1OC. The second kappa shape index (κ2) is 8.15. The van der Waals surface area contributed by atoms with Gasteiger partial charge in [-0.15, -0.1) is 0 Å². The van der Waals surface area contributed by atoms with Crippen LogP contribution in [0.1, 0.15) is 6.92 Å². The van der Waals surface area contributed by atoms with Crippen LogP contribution in [0.5, 0.6) is 5.75 Å². The monoisotopic (exact) mass is 349 g/mol. The number of anilines is 2. The highest BCUT2D eigenvalue weighted by atomic mass is 16.5. The molecule has 0 aliphatic carbocycles. The molecule has 134 valence electrons. The quantitative estimate of drug-likeness (QED) is 0.627. The van der Waals surface area contributed by atoms with Crippen molar-refractivity contribution in [2.75, 3.05) is 37.5 Å². The van der Waals surface area contributed by atoms with Gasteiger partial charge in [-0.05, 0) is 19.1 Å². The summed E-state index contributed by atoms with van der Waals surface area (Å²) in [5.74, 6) is -0.663. The zero-order valence-electron chi connectivity index (χ0n) is 13.9. The van der Waals surface area contributed by atoms with Gasteiger partial charge in [-0.2, -0.15) is 0 Å². The van der Waals surface area contributed by atoms with Crippen LogP contribution in [0.15, 0.2) is 30.0 Å². The molecule has 3 amide bonds. The van der Waals surface area contributed by atoms with E-state index in [9.17, 15) is 14.4 Å². The molecule has 0 bridgehead atoms. The molecule has 1 heterocycles. The summed E-state index contributed by atoms with van der Waals surface area (Å²) in [6, 6.07) is 4.75. The third kappa shape index (κ3) is 4.27. The Balaban J connectivity index is 2.13. The van der Waals surface area contributed by atoms with Gasteiger partial charge in [-0.3, -0.25) is 19.8 Å². The Labute approximate surface area is 144 Å². The smallest absolute Gasteiger partial charge is 0.411 e. The summed E-state index contributed by atoms with van der Waals surface area (Å²) in [4.78, 5) is 36.3. The third-order valence-corrected chi connectivity index (χ3v) is 3.33. The molecule has 2 rings (SSSR count). The number of aliphatic hydroxyl groups excluding tert-OH is 1. The number of nitrogens with one attached hydrogen (secondary N) is 2. The number of ether oxygens (including phenoxy) is 2. The molecule has 1 aromatic rings. The van der Waals surface area contributed by atoms with E-state index in [4.69, 9.17) is 14.6 Å². The van der Waals surface area contributed by atoms with Gasteiger partial charge in [0.05, 0.1) is 32.6 Å². The van der Waals surface area contributed by atoms with Gasteiger partial charge in [0.15, 0.2) is 0 Å². The van der Waals surface area contributed by atoms with Gasteiger partial charge >= 0.3 is 6.09 Å². The lowest BCUT2D eigenvalue weighted by atomic mass is 10.2. The Morgan fingerprint density at radius 3 is 2.72 bits per heavy atom. The molecular weight excluding hydrogens is 330 g/mol. The predicted molar refractivity (Wildman–Crippen MR) is 89.2 cm³/mol. The molecule has 1 aliphatic rings. The molecule has 0 saturated carbocycles. The highest BCUT2D eigenvalue weighted by Gasteiger charge is 2.30. The number of aliphatic hydroxyl groups is 1. The maximum Gasteiger partial charge on any atom is 0.411 e. The molecule has 1 aromatic carbocycles. The Morgan fingerprint density at radius 1 is 1.32 bits per heavy atom. The van der Waals surface area contributed by atoms with Crippen molar-refractivity contribution >= 4 is 29.3 Å². The van der Waals surface area contributed by atoms with Crippen LogP contribution in [-0.4, -0.2) is 54.8 Å². The van der Waals surface area contributed by atoms with Crippen molar-refractivity contribution in [3.8, 4) is 5.75 Å². The van der Waals surface area contributed by atoms with Crippen molar-refractivity contribution in [2.24, 2.45) is 0 Å². The van der Waals surface area contributed by atoms with Crippen LogP contribution in [0, 0.1) is 0 Å². The molecule has 0 saturated heterocycles. The molecular formula is C16H19N3O6. The Morgan fingerprint density at radius 2 is 2.08 bits per heavy atom. The number of hydrogen-bond acceptors (Lipinski definition) is 7. The van der Waals surface area contributed by atoms with E-state index in [-0.39, 0.29) is 25.5 Å². The normalized spacial score (nSPS) is 13.6. The molecule has 0 atom stereocenters. The summed E-state index contributed by atoms with van der Waals surface area (Å²) in [5.41, 5.74) is 0.979. The van der Waals surface area contributed by atoms with Crippen LogP contribution >= 0.6 is 0 Å². The average Bonchev–Trinajstić information content (AvgIpc) is 2.84. The van der Waals surface area contributed by atoms with Gasteiger partial charge < -0.3 is 19.9 Å². The summed E-state index contributed by atoms with van der Waals surface area (Å²) in [6.45, 7) is 1.56. The number of carbonyl (C=O) groups is 3. The molecule has 3 N–H and O–H groups in total. The van der Waals surface area contributed by atoms with Crippen LogP contribution in [0.4, 0.5) is 16.2 Å². The Kier molecular flexibility index (Phi) is 5.96. The highest BCUT2D eigenvalue weighted by molar-refractivity contribution is 6.17. The van der Waals surface area contributed by atoms with Gasteiger partial charge in [-0.1, -0.05) is 0 Å². The molecule has 25 heavy (non-hydrogen) atoms. The first-order valence-corrected chi connectivity index (χ1v) is 7.57. The van der Waals surface area contributed by atoms with Gasteiger partial charge in [-0.25, -0.2) is 4.79 Å². The molecule has 9 heteroatoms. The first-order chi connectivity index (χ1) is 12.0. The zero-order valence-corrected chi connectivity index (χ0v) is 13.9. The van der Waals surface area contributed by atoms with Crippen LogP contribution in [-0.2, 0) is 14.3 Å². The summed E-state index contributed by atoms with van der Waals surface area (Å²) in [7, 11) is 1.43. The van der Waals surface area contributed by atoms with Crippen molar-refractivity contribution in [1.29, 1.82) is 0 Å². The van der Waals surface area contributed by atoms with Crippen LogP contribution in [0.3, 0.4) is 0 Å². The number of benzene rings is 1. The fraction of sp³-hybridized carbons (Fsp3) is 0.312. The van der Waals surface area contributed by atoms with E-state index in [1.165, 1.54) is 7.11 Å². The van der Waals surface area contributed by atoms with E-state index < -0.39 is 17.9 Å². The minimum absolute atomic E-state index is 0.0644. The fourth-order valence-corrected chi connectivity index (χ4v) is 2.21. The average molecular weight is 349 g/mol.